The van der Waals surface area contributed by atoms with Crippen molar-refractivity contribution >= 4 is 17.4 Å². The molecule has 6 heteroatoms. The highest BCUT2D eigenvalue weighted by Gasteiger charge is 2.31. The van der Waals surface area contributed by atoms with Crippen molar-refractivity contribution in [3.63, 3.8) is 0 Å². The number of carbonyl (C=O) groups excluding carboxylic acids is 1. The number of amides is 1. The molecule has 1 amide bonds. The van der Waals surface area contributed by atoms with Gasteiger partial charge in [-0.2, -0.15) is 0 Å². The second-order valence-electron chi connectivity index (χ2n) is 5.32. The third-order valence-corrected chi connectivity index (χ3v) is 4.66. The van der Waals surface area contributed by atoms with E-state index in [0.717, 1.165) is 36.5 Å². The Labute approximate surface area is 126 Å². The van der Waals surface area contributed by atoms with Gasteiger partial charge in [0, 0.05) is 12.6 Å². The SMILES string of the molecule is Cc1nnsc1C(=O)N1CCCC1Cc1cccc(F)c1. The van der Waals surface area contributed by atoms with Crippen molar-refractivity contribution in [2.75, 3.05) is 6.54 Å². The van der Waals surface area contributed by atoms with Gasteiger partial charge in [0.2, 0.25) is 0 Å². The first-order valence-electron chi connectivity index (χ1n) is 6.99. The van der Waals surface area contributed by atoms with Crippen molar-refractivity contribution in [2.24, 2.45) is 0 Å². The van der Waals surface area contributed by atoms with Gasteiger partial charge in [0.1, 0.15) is 10.7 Å². The number of aryl methyl sites for hydroxylation is 1. The number of carbonyl (C=O) groups is 1. The molecule has 0 saturated carbocycles. The van der Waals surface area contributed by atoms with Crippen LogP contribution in [0.3, 0.4) is 0 Å². The summed E-state index contributed by atoms with van der Waals surface area (Å²) < 4.78 is 17.1. The van der Waals surface area contributed by atoms with Crippen LogP contribution in [0.5, 0.6) is 0 Å². The van der Waals surface area contributed by atoms with E-state index in [4.69, 9.17) is 0 Å². The number of halogens is 1. The van der Waals surface area contributed by atoms with E-state index in [-0.39, 0.29) is 17.8 Å². The summed E-state index contributed by atoms with van der Waals surface area (Å²) in [6.45, 7) is 2.55. The molecule has 1 atom stereocenters. The van der Waals surface area contributed by atoms with Gasteiger partial charge in [-0.25, -0.2) is 4.39 Å². The molecule has 1 fully saturated rings. The van der Waals surface area contributed by atoms with E-state index < -0.39 is 0 Å². The fraction of sp³-hybridized carbons (Fsp3) is 0.400. The molecule has 0 radical (unpaired) electrons. The molecule has 0 N–H and O–H groups in total. The number of likely N-dealkylation sites (tertiary alicyclic amines) is 1. The molecule has 1 aliphatic rings. The van der Waals surface area contributed by atoms with Crippen LogP contribution in [0, 0.1) is 12.7 Å². The summed E-state index contributed by atoms with van der Waals surface area (Å²) in [7, 11) is 0. The van der Waals surface area contributed by atoms with Crippen LogP contribution >= 0.6 is 11.5 Å². The zero-order valence-electron chi connectivity index (χ0n) is 11.8. The van der Waals surface area contributed by atoms with E-state index in [1.165, 1.54) is 6.07 Å². The number of benzene rings is 1. The third kappa shape index (κ3) is 2.95. The van der Waals surface area contributed by atoms with Crippen molar-refractivity contribution in [3.8, 4) is 0 Å². The van der Waals surface area contributed by atoms with E-state index in [0.29, 0.717) is 17.0 Å². The van der Waals surface area contributed by atoms with Crippen LogP contribution in [-0.4, -0.2) is 33.0 Å². The Kier molecular flexibility index (Phi) is 3.96. The van der Waals surface area contributed by atoms with Gasteiger partial charge in [-0.1, -0.05) is 16.6 Å². The summed E-state index contributed by atoms with van der Waals surface area (Å²) in [5.74, 6) is -0.229. The van der Waals surface area contributed by atoms with Crippen LogP contribution in [0.25, 0.3) is 0 Å². The molecule has 0 spiro atoms. The highest BCUT2D eigenvalue weighted by Crippen LogP contribution is 2.25. The lowest BCUT2D eigenvalue weighted by molar-refractivity contribution is 0.0740. The summed E-state index contributed by atoms with van der Waals surface area (Å²) in [6.07, 6.45) is 2.62. The second kappa shape index (κ2) is 5.89. The predicted molar refractivity (Wildman–Crippen MR) is 78.8 cm³/mol. The molecule has 2 heterocycles. The first-order chi connectivity index (χ1) is 10.1. The fourth-order valence-electron chi connectivity index (χ4n) is 2.81. The Hall–Kier alpha value is -1.82. The topological polar surface area (TPSA) is 46.1 Å². The zero-order chi connectivity index (χ0) is 14.8. The summed E-state index contributed by atoms with van der Waals surface area (Å²) in [4.78, 5) is 15.1. The summed E-state index contributed by atoms with van der Waals surface area (Å²) >= 11 is 1.14. The Morgan fingerprint density at radius 3 is 3.10 bits per heavy atom. The quantitative estimate of drug-likeness (QED) is 0.876. The first-order valence-corrected chi connectivity index (χ1v) is 7.77. The molecule has 0 bridgehead atoms. The molecule has 4 nitrogen and oxygen atoms in total. The van der Waals surface area contributed by atoms with Crippen molar-refractivity contribution in [2.45, 2.75) is 32.2 Å². The minimum atomic E-state index is -0.231. The van der Waals surface area contributed by atoms with Crippen molar-refractivity contribution in [1.82, 2.24) is 14.5 Å². The van der Waals surface area contributed by atoms with Gasteiger partial charge < -0.3 is 4.90 Å². The molecule has 2 aromatic rings. The molecule has 21 heavy (non-hydrogen) atoms. The van der Waals surface area contributed by atoms with Crippen LogP contribution in [0.2, 0.25) is 0 Å². The molecule has 1 unspecified atom stereocenters. The summed E-state index contributed by atoms with van der Waals surface area (Å²) in [5.41, 5.74) is 1.61. The van der Waals surface area contributed by atoms with Gasteiger partial charge in [-0.3, -0.25) is 4.79 Å². The van der Waals surface area contributed by atoms with Gasteiger partial charge in [-0.05, 0) is 55.4 Å². The van der Waals surface area contributed by atoms with Crippen LogP contribution in [0.1, 0.15) is 33.8 Å². The van der Waals surface area contributed by atoms with Gasteiger partial charge in [-0.15, -0.1) is 5.10 Å². The smallest absolute Gasteiger partial charge is 0.267 e. The standard InChI is InChI=1S/C15H16FN3OS/c1-10-14(21-18-17-10)15(20)19-7-3-6-13(19)9-11-4-2-5-12(16)8-11/h2,4-5,8,13H,3,6-7,9H2,1H3. The fourth-order valence-corrected chi connectivity index (χ4v) is 3.42. The molecule has 0 aliphatic carbocycles. The highest BCUT2D eigenvalue weighted by molar-refractivity contribution is 7.07. The van der Waals surface area contributed by atoms with E-state index in [9.17, 15) is 9.18 Å². The van der Waals surface area contributed by atoms with Crippen LogP contribution in [0.15, 0.2) is 24.3 Å². The molecule has 1 aromatic carbocycles. The molecular formula is C15H16FN3OS. The lowest BCUT2D eigenvalue weighted by Crippen LogP contribution is -2.36. The maximum atomic E-state index is 13.3. The van der Waals surface area contributed by atoms with Gasteiger partial charge >= 0.3 is 0 Å². The Morgan fingerprint density at radius 2 is 2.38 bits per heavy atom. The van der Waals surface area contributed by atoms with Gasteiger partial charge in [0.25, 0.3) is 5.91 Å². The van der Waals surface area contributed by atoms with Crippen LogP contribution in [0.4, 0.5) is 4.39 Å². The van der Waals surface area contributed by atoms with Crippen molar-refractivity contribution in [3.05, 3.63) is 46.2 Å². The predicted octanol–water partition coefficient (Wildman–Crippen LogP) is 2.83. The lowest BCUT2D eigenvalue weighted by Gasteiger charge is -2.24. The number of rotatable bonds is 3. The Morgan fingerprint density at radius 1 is 1.52 bits per heavy atom. The maximum Gasteiger partial charge on any atom is 0.267 e. The normalized spacial score (nSPS) is 18.2. The molecule has 1 saturated heterocycles. The van der Waals surface area contributed by atoms with E-state index in [2.05, 4.69) is 9.59 Å². The minimum absolute atomic E-state index is 0.00130. The molecule has 1 aliphatic heterocycles. The van der Waals surface area contributed by atoms with Crippen LogP contribution < -0.4 is 0 Å². The summed E-state index contributed by atoms with van der Waals surface area (Å²) in [5, 5.41) is 3.90. The largest absolute Gasteiger partial charge is 0.335 e. The Bertz CT molecular complexity index is 658. The number of hydrogen-bond donors (Lipinski definition) is 0. The Balaban J connectivity index is 1.77. The monoisotopic (exact) mass is 305 g/mol. The van der Waals surface area contributed by atoms with Gasteiger partial charge in [0.15, 0.2) is 0 Å². The highest BCUT2D eigenvalue weighted by atomic mass is 32.1. The van der Waals surface area contributed by atoms with E-state index in [1.807, 2.05) is 11.0 Å². The molecule has 110 valence electrons. The number of hydrogen-bond acceptors (Lipinski definition) is 4. The number of nitrogens with zero attached hydrogens (tertiary/aromatic N) is 3. The lowest BCUT2D eigenvalue weighted by atomic mass is 10.0. The second-order valence-corrected chi connectivity index (χ2v) is 6.07. The third-order valence-electron chi connectivity index (χ3n) is 3.84. The molecular weight excluding hydrogens is 289 g/mol. The average molecular weight is 305 g/mol. The zero-order valence-corrected chi connectivity index (χ0v) is 12.6. The van der Waals surface area contributed by atoms with Crippen LogP contribution in [-0.2, 0) is 6.42 Å². The maximum absolute atomic E-state index is 13.3. The average Bonchev–Trinajstić information content (AvgIpc) is 3.07. The molecule has 3 rings (SSSR count). The van der Waals surface area contributed by atoms with Gasteiger partial charge in [0.05, 0.1) is 5.69 Å². The van der Waals surface area contributed by atoms with Crippen molar-refractivity contribution in [1.29, 1.82) is 0 Å². The first kappa shape index (κ1) is 14.1. The number of aromatic nitrogens is 2. The van der Waals surface area contributed by atoms with E-state index in [1.54, 1.807) is 19.1 Å². The van der Waals surface area contributed by atoms with E-state index >= 15 is 0 Å². The molecule has 1 aromatic heterocycles. The summed E-state index contributed by atoms with van der Waals surface area (Å²) in [6, 6.07) is 6.72. The van der Waals surface area contributed by atoms with Crippen molar-refractivity contribution < 1.29 is 9.18 Å². The minimum Gasteiger partial charge on any atom is -0.335 e.